The highest BCUT2D eigenvalue weighted by atomic mass is 16.5. The first-order valence-electron chi connectivity index (χ1n) is 12.2. The third kappa shape index (κ3) is 3.85. The van der Waals surface area contributed by atoms with Gasteiger partial charge in [-0.1, -0.05) is 0 Å². The van der Waals surface area contributed by atoms with Gasteiger partial charge in [-0.2, -0.15) is 5.10 Å². The van der Waals surface area contributed by atoms with Crippen LogP contribution in [-0.4, -0.2) is 65.2 Å². The van der Waals surface area contributed by atoms with Crippen LogP contribution in [0.2, 0.25) is 0 Å². The van der Waals surface area contributed by atoms with Gasteiger partial charge in [0.15, 0.2) is 6.23 Å². The maximum absolute atomic E-state index is 6.05. The molecule has 8 heteroatoms. The molecule has 6 rings (SSSR count). The first kappa shape index (κ1) is 20.9. The van der Waals surface area contributed by atoms with E-state index < -0.39 is 0 Å². The lowest BCUT2D eigenvalue weighted by Gasteiger charge is -2.35. The number of morpholine rings is 1. The van der Waals surface area contributed by atoms with Gasteiger partial charge in [0.05, 0.1) is 24.9 Å². The van der Waals surface area contributed by atoms with E-state index in [1.54, 1.807) is 0 Å². The Morgan fingerprint density at radius 3 is 2.79 bits per heavy atom. The topological polar surface area (TPSA) is 68.5 Å². The molecule has 3 aromatic rings. The molecule has 3 aromatic heterocycles. The number of anilines is 2. The summed E-state index contributed by atoms with van der Waals surface area (Å²) in [6.07, 6.45) is 9.43. The second-order valence-electron chi connectivity index (χ2n) is 9.50. The fourth-order valence-electron chi connectivity index (χ4n) is 5.12. The van der Waals surface area contributed by atoms with Crippen LogP contribution >= 0.6 is 0 Å². The Labute approximate surface area is 194 Å². The van der Waals surface area contributed by atoms with Crippen molar-refractivity contribution in [2.24, 2.45) is 0 Å². The minimum Gasteiger partial charge on any atom is -0.377 e. The van der Waals surface area contributed by atoms with Crippen molar-refractivity contribution in [3.8, 4) is 11.4 Å². The SMILES string of the molecule is CC1COCCN1c1cc(N(C)C2CC2)c2ccnc(-c3ccnn3C3CCCCO3)c2n1. The summed E-state index contributed by atoms with van der Waals surface area (Å²) in [7, 11) is 2.21. The minimum absolute atomic E-state index is 0.0446. The Morgan fingerprint density at radius 2 is 2.00 bits per heavy atom. The summed E-state index contributed by atoms with van der Waals surface area (Å²) in [5.74, 6) is 0.995. The van der Waals surface area contributed by atoms with Crippen molar-refractivity contribution >= 4 is 22.4 Å². The van der Waals surface area contributed by atoms with Crippen molar-refractivity contribution in [3.63, 3.8) is 0 Å². The van der Waals surface area contributed by atoms with Gasteiger partial charge in [0, 0.05) is 55.8 Å². The molecule has 0 radical (unpaired) electrons. The number of hydrogen-bond donors (Lipinski definition) is 0. The van der Waals surface area contributed by atoms with Crippen LogP contribution in [0.3, 0.4) is 0 Å². The first-order chi connectivity index (χ1) is 16.2. The number of pyridine rings is 2. The molecule has 0 spiro atoms. The van der Waals surface area contributed by atoms with E-state index in [2.05, 4.69) is 41.0 Å². The van der Waals surface area contributed by atoms with Crippen LogP contribution in [-0.2, 0) is 9.47 Å². The van der Waals surface area contributed by atoms with E-state index in [9.17, 15) is 0 Å². The fourth-order valence-corrected chi connectivity index (χ4v) is 5.12. The number of nitrogens with zero attached hydrogens (tertiary/aromatic N) is 6. The van der Waals surface area contributed by atoms with Crippen molar-refractivity contribution in [1.82, 2.24) is 19.7 Å². The van der Waals surface area contributed by atoms with Gasteiger partial charge in [0.2, 0.25) is 0 Å². The van der Waals surface area contributed by atoms with Crippen LogP contribution in [0.15, 0.2) is 30.6 Å². The van der Waals surface area contributed by atoms with Gasteiger partial charge >= 0.3 is 0 Å². The lowest BCUT2D eigenvalue weighted by molar-refractivity contribution is -0.0383. The molecule has 0 amide bonds. The molecule has 3 fully saturated rings. The third-order valence-electron chi connectivity index (χ3n) is 7.17. The van der Waals surface area contributed by atoms with Crippen LogP contribution in [0.25, 0.3) is 22.3 Å². The number of ether oxygens (including phenoxy) is 2. The zero-order valence-corrected chi connectivity index (χ0v) is 19.5. The molecule has 2 aliphatic heterocycles. The Kier molecular flexibility index (Phi) is 5.42. The van der Waals surface area contributed by atoms with Gasteiger partial charge in [0.1, 0.15) is 17.0 Å². The number of hydrogen-bond acceptors (Lipinski definition) is 7. The Balaban J connectivity index is 1.51. The zero-order valence-electron chi connectivity index (χ0n) is 19.5. The first-order valence-corrected chi connectivity index (χ1v) is 12.2. The van der Waals surface area contributed by atoms with Crippen molar-refractivity contribution in [2.45, 2.75) is 57.3 Å². The van der Waals surface area contributed by atoms with E-state index in [4.69, 9.17) is 19.4 Å². The normalized spacial score (nSPS) is 23.8. The fraction of sp³-hybridized carbons (Fsp3) is 0.560. The van der Waals surface area contributed by atoms with E-state index in [-0.39, 0.29) is 12.3 Å². The molecule has 2 saturated heterocycles. The Morgan fingerprint density at radius 1 is 1.09 bits per heavy atom. The molecule has 33 heavy (non-hydrogen) atoms. The third-order valence-corrected chi connectivity index (χ3v) is 7.17. The van der Waals surface area contributed by atoms with Crippen LogP contribution in [0, 0.1) is 0 Å². The van der Waals surface area contributed by atoms with E-state index in [0.29, 0.717) is 6.04 Å². The molecule has 1 aliphatic carbocycles. The van der Waals surface area contributed by atoms with E-state index >= 15 is 0 Å². The van der Waals surface area contributed by atoms with E-state index in [1.165, 1.54) is 18.5 Å². The lowest BCUT2D eigenvalue weighted by atomic mass is 10.1. The second kappa shape index (κ2) is 8.57. The highest BCUT2D eigenvalue weighted by molar-refractivity contribution is 6.00. The monoisotopic (exact) mass is 448 g/mol. The zero-order chi connectivity index (χ0) is 22.4. The molecule has 0 bridgehead atoms. The number of aromatic nitrogens is 4. The van der Waals surface area contributed by atoms with Gasteiger partial charge in [-0.15, -0.1) is 0 Å². The largest absolute Gasteiger partial charge is 0.377 e. The van der Waals surface area contributed by atoms with E-state index in [1.807, 2.05) is 23.1 Å². The van der Waals surface area contributed by atoms with Gasteiger partial charge < -0.3 is 19.3 Å². The van der Waals surface area contributed by atoms with Crippen molar-refractivity contribution in [2.75, 3.05) is 43.2 Å². The summed E-state index contributed by atoms with van der Waals surface area (Å²) < 4.78 is 13.7. The van der Waals surface area contributed by atoms with Gasteiger partial charge in [-0.3, -0.25) is 4.98 Å². The predicted molar refractivity (Wildman–Crippen MR) is 129 cm³/mol. The predicted octanol–water partition coefficient (Wildman–Crippen LogP) is 4.02. The molecule has 3 aliphatic rings. The van der Waals surface area contributed by atoms with Crippen LogP contribution in [0.4, 0.5) is 11.5 Å². The molecular weight excluding hydrogens is 416 g/mol. The van der Waals surface area contributed by atoms with E-state index in [0.717, 1.165) is 73.7 Å². The highest BCUT2D eigenvalue weighted by Gasteiger charge is 2.30. The van der Waals surface area contributed by atoms with Crippen molar-refractivity contribution in [1.29, 1.82) is 0 Å². The summed E-state index contributed by atoms with van der Waals surface area (Å²) in [6.45, 7) is 5.27. The maximum atomic E-state index is 6.05. The molecular formula is C25H32N6O2. The van der Waals surface area contributed by atoms with Gasteiger partial charge in [0.25, 0.3) is 0 Å². The van der Waals surface area contributed by atoms with Gasteiger partial charge in [-0.05, 0) is 51.2 Å². The summed E-state index contributed by atoms with van der Waals surface area (Å²) in [5.41, 5.74) is 3.98. The number of fused-ring (bicyclic) bond motifs is 1. The highest BCUT2D eigenvalue weighted by Crippen LogP contribution is 2.39. The summed E-state index contributed by atoms with van der Waals surface area (Å²) in [6, 6.07) is 7.28. The van der Waals surface area contributed by atoms with Crippen molar-refractivity contribution < 1.29 is 9.47 Å². The molecule has 174 valence electrons. The molecule has 1 saturated carbocycles. The van der Waals surface area contributed by atoms with Crippen LogP contribution in [0.1, 0.15) is 45.3 Å². The minimum atomic E-state index is -0.0446. The Bertz CT molecular complexity index is 1140. The molecule has 2 unspecified atom stereocenters. The average molecular weight is 449 g/mol. The summed E-state index contributed by atoms with van der Waals surface area (Å²) in [4.78, 5) is 14.8. The maximum Gasteiger partial charge on any atom is 0.150 e. The molecule has 2 atom stereocenters. The number of rotatable bonds is 5. The molecule has 8 nitrogen and oxygen atoms in total. The molecule has 0 aromatic carbocycles. The quantitative estimate of drug-likeness (QED) is 0.584. The Hall–Kier alpha value is -2.71. The standard InChI is InChI=1S/C25H32N6O2/c1-17-16-32-14-12-30(17)22-15-21(29(2)18-6-7-18)19-8-10-26-25(24(19)28-22)20-9-11-27-31(20)23-5-3-4-13-33-23/h8-11,15,17-18,23H,3-7,12-14,16H2,1-2H3. The molecule has 0 N–H and O–H groups in total. The average Bonchev–Trinajstić information content (AvgIpc) is 3.60. The second-order valence-corrected chi connectivity index (χ2v) is 9.50. The summed E-state index contributed by atoms with van der Waals surface area (Å²) in [5, 5.41) is 5.77. The van der Waals surface area contributed by atoms with Crippen molar-refractivity contribution in [3.05, 3.63) is 30.6 Å². The van der Waals surface area contributed by atoms with Gasteiger partial charge in [-0.25, -0.2) is 9.67 Å². The summed E-state index contributed by atoms with van der Waals surface area (Å²) >= 11 is 0. The lowest BCUT2D eigenvalue weighted by Crippen LogP contribution is -2.44. The smallest absolute Gasteiger partial charge is 0.150 e. The molecule has 5 heterocycles. The van der Waals surface area contributed by atoms with Crippen LogP contribution < -0.4 is 9.80 Å². The van der Waals surface area contributed by atoms with Crippen LogP contribution in [0.5, 0.6) is 0 Å².